The SMILES string of the molecule is C=C(C)C(=O)N(C)CC[N+](C)(C)C. The van der Waals surface area contributed by atoms with Gasteiger partial charge in [0.25, 0.3) is 0 Å². The van der Waals surface area contributed by atoms with E-state index in [1.165, 1.54) is 0 Å². The van der Waals surface area contributed by atoms with E-state index in [4.69, 9.17) is 0 Å². The molecule has 0 fully saturated rings. The van der Waals surface area contributed by atoms with Gasteiger partial charge >= 0.3 is 0 Å². The number of hydrogen-bond acceptors (Lipinski definition) is 1. The van der Waals surface area contributed by atoms with Gasteiger partial charge in [-0.1, -0.05) is 6.58 Å². The van der Waals surface area contributed by atoms with Gasteiger partial charge < -0.3 is 9.38 Å². The van der Waals surface area contributed by atoms with Gasteiger partial charge in [-0.3, -0.25) is 4.79 Å². The minimum Gasteiger partial charge on any atom is -0.336 e. The lowest BCUT2D eigenvalue weighted by atomic mass is 10.3. The monoisotopic (exact) mass is 185 g/mol. The van der Waals surface area contributed by atoms with Crippen molar-refractivity contribution >= 4 is 5.91 Å². The van der Waals surface area contributed by atoms with Gasteiger partial charge in [-0.25, -0.2) is 0 Å². The van der Waals surface area contributed by atoms with Crippen LogP contribution in [0.15, 0.2) is 12.2 Å². The van der Waals surface area contributed by atoms with E-state index in [9.17, 15) is 4.79 Å². The minimum absolute atomic E-state index is 0.0356. The van der Waals surface area contributed by atoms with Crippen molar-refractivity contribution in [1.29, 1.82) is 0 Å². The van der Waals surface area contributed by atoms with Crippen LogP contribution in [0.4, 0.5) is 0 Å². The molecule has 0 atom stereocenters. The molecule has 0 heterocycles. The van der Waals surface area contributed by atoms with Crippen LogP contribution in [0.1, 0.15) is 6.92 Å². The Hall–Kier alpha value is -0.830. The normalized spacial score (nSPS) is 11.2. The molecule has 76 valence electrons. The van der Waals surface area contributed by atoms with Gasteiger partial charge in [0.2, 0.25) is 5.91 Å². The van der Waals surface area contributed by atoms with Crippen LogP contribution in [-0.2, 0) is 4.79 Å². The summed E-state index contributed by atoms with van der Waals surface area (Å²) in [5.41, 5.74) is 0.601. The van der Waals surface area contributed by atoms with Crippen molar-refractivity contribution in [1.82, 2.24) is 4.90 Å². The van der Waals surface area contributed by atoms with Crippen LogP contribution in [0.2, 0.25) is 0 Å². The number of carbonyl (C=O) groups excluding carboxylic acids is 1. The molecule has 0 aliphatic carbocycles. The smallest absolute Gasteiger partial charge is 0.248 e. The largest absolute Gasteiger partial charge is 0.336 e. The second-order valence-corrected chi connectivity index (χ2v) is 4.52. The first-order valence-corrected chi connectivity index (χ1v) is 4.45. The zero-order valence-electron chi connectivity index (χ0n) is 9.42. The first-order chi connectivity index (χ1) is 5.74. The highest BCUT2D eigenvalue weighted by Crippen LogP contribution is 1.97. The molecule has 0 bridgehead atoms. The predicted octanol–water partition coefficient (Wildman–Crippen LogP) is 0.727. The lowest BCUT2D eigenvalue weighted by molar-refractivity contribution is -0.869. The third-order valence-corrected chi connectivity index (χ3v) is 1.82. The highest BCUT2D eigenvalue weighted by Gasteiger charge is 2.13. The molecule has 0 saturated carbocycles. The Bertz CT molecular complexity index is 203. The fourth-order valence-electron chi connectivity index (χ4n) is 0.877. The molecule has 0 radical (unpaired) electrons. The first kappa shape index (κ1) is 12.2. The second kappa shape index (κ2) is 4.42. The predicted molar refractivity (Wildman–Crippen MR) is 55.4 cm³/mol. The van der Waals surface area contributed by atoms with Crippen LogP contribution in [0.5, 0.6) is 0 Å². The quantitative estimate of drug-likeness (QED) is 0.467. The van der Waals surface area contributed by atoms with Crippen molar-refractivity contribution in [3.05, 3.63) is 12.2 Å². The molecule has 0 rings (SSSR count). The lowest BCUT2D eigenvalue weighted by Crippen LogP contribution is -2.42. The Balaban J connectivity index is 3.95. The standard InChI is InChI=1S/C10H21N2O/c1-9(2)10(13)11(3)7-8-12(4,5)6/h1,7-8H2,2-6H3/q+1. The van der Waals surface area contributed by atoms with E-state index in [2.05, 4.69) is 27.7 Å². The number of hydrogen-bond donors (Lipinski definition) is 0. The fraction of sp³-hybridized carbons (Fsp3) is 0.700. The topological polar surface area (TPSA) is 20.3 Å². The van der Waals surface area contributed by atoms with Crippen molar-refractivity contribution in [2.75, 3.05) is 41.3 Å². The number of nitrogens with zero attached hydrogens (tertiary/aromatic N) is 2. The summed E-state index contributed by atoms with van der Waals surface area (Å²) in [6.07, 6.45) is 0. The molecule has 0 aromatic carbocycles. The van der Waals surface area contributed by atoms with Crippen molar-refractivity contribution in [3.8, 4) is 0 Å². The number of rotatable bonds is 4. The molecule has 0 aliphatic rings. The van der Waals surface area contributed by atoms with Crippen LogP contribution in [0.25, 0.3) is 0 Å². The molecule has 0 spiro atoms. The van der Waals surface area contributed by atoms with Crippen LogP contribution >= 0.6 is 0 Å². The number of carbonyl (C=O) groups is 1. The molecule has 0 aromatic heterocycles. The van der Waals surface area contributed by atoms with Gasteiger partial charge in [-0.15, -0.1) is 0 Å². The summed E-state index contributed by atoms with van der Waals surface area (Å²) >= 11 is 0. The number of amides is 1. The average molecular weight is 185 g/mol. The maximum atomic E-state index is 11.4. The summed E-state index contributed by atoms with van der Waals surface area (Å²) in [6.45, 7) is 7.09. The molecule has 0 aliphatic heterocycles. The molecule has 1 amide bonds. The number of quaternary nitrogens is 1. The summed E-state index contributed by atoms with van der Waals surface area (Å²) in [5.74, 6) is 0.0356. The molecule has 0 N–H and O–H groups in total. The third kappa shape index (κ3) is 5.42. The molecule has 3 nitrogen and oxygen atoms in total. The van der Waals surface area contributed by atoms with E-state index >= 15 is 0 Å². The summed E-state index contributed by atoms with van der Waals surface area (Å²) in [6, 6.07) is 0. The van der Waals surface area contributed by atoms with Crippen LogP contribution in [-0.4, -0.2) is 56.6 Å². The van der Waals surface area contributed by atoms with Crippen molar-refractivity contribution < 1.29 is 9.28 Å². The zero-order valence-corrected chi connectivity index (χ0v) is 9.42. The molecular formula is C10H21N2O+. The van der Waals surface area contributed by atoms with E-state index in [-0.39, 0.29) is 5.91 Å². The van der Waals surface area contributed by atoms with Crippen molar-refractivity contribution in [3.63, 3.8) is 0 Å². The number of likely N-dealkylation sites (N-methyl/N-ethyl adjacent to an activating group) is 2. The molecule has 0 saturated heterocycles. The van der Waals surface area contributed by atoms with Gasteiger partial charge in [-0.2, -0.15) is 0 Å². The van der Waals surface area contributed by atoms with Gasteiger partial charge in [0.05, 0.1) is 34.2 Å². The molecular weight excluding hydrogens is 164 g/mol. The van der Waals surface area contributed by atoms with E-state index < -0.39 is 0 Å². The Morgan fingerprint density at radius 1 is 1.38 bits per heavy atom. The molecule has 3 heteroatoms. The third-order valence-electron chi connectivity index (χ3n) is 1.82. The highest BCUT2D eigenvalue weighted by molar-refractivity contribution is 5.91. The zero-order chi connectivity index (χ0) is 10.6. The Labute approximate surface area is 81.2 Å². The summed E-state index contributed by atoms with van der Waals surface area (Å²) < 4.78 is 0.869. The first-order valence-electron chi connectivity index (χ1n) is 4.45. The summed E-state index contributed by atoms with van der Waals surface area (Å²) in [7, 11) is 8.14. The Kier molecular flexibility index (Phi) is 4.14. The van der Waals surface area contributed by atoms with Crippen LogP contribution in [0, 0.1) is 0 Å². The van der Waals surface area contributed by atoms with Crippen molar-refractivity contribution in [2.24, 2.45) is 0 Å². The van der Waals surface area contributed by atoms with Crippen LogP contribution in [0.3, 0.4) is 0 Å². The maximum Gasteiger partial charge on any atom is 0.248 e. The maximum absolute atomic E-state index is 11.4. The fourth-order valence-corrected chi connectivity index (χ4v) is 0.877. The summed E-state index contributed by atoms with van der Waals surface area (Å²) in [5, 5.41) is 0. The highest BCUT2D eigenvalue weighted by atomic mass is 16.2. The van der Waals surface area contributed by atoms with E-state index in [1.807, 2.05) is 7.05 Å². The van der Waals surface area contributed by atoms with Gasteiger partial charge in [0, 0.05) is 12.6 Å². The molecule has 13 heavy (non-hydrogen) atoms. The Morgan fingerprint density at radius 3 is 2.15 bits per heavy atom. The minimum atomic E-state index is 0.0356. The summed E-state index contributed by atoms with van der Waals surface area (Å²) in [4.78, 5) is 13.1. The van der Waals surface area contributed by atoms with Gasteiger partial charge in [0.15, 0.2) is 0 Å². The second-order valence-electron chi connectivity index (χ2n) is 4.52. The van der Waals surface area contributed by atoms with E-state index in [0.717, 1.165) is 17.6 Å². The lowest BCUT2D eigenvalue weighted by Gasteiger charge is -2.27. The van der Waals surface area contributed by atoms with E-state index in [0.29, 0.717) is 5.57 Å². The molecule has 0 aromatic rings. The molecule has 0 unspecified atom stereocenters. The van der Waals surface area contributed by atoms with Crippen LogP contribution < -0.4 is 0 Å². The van der Waals surface area contributed by atoms with Gasteiger partial charge in [-0.05, 0) is 6.92 Å². The van der Waals surface area contributed by atoms with E-state index in [1.54, 1.807) is 11.8 Å². The Morgan fingerprint density at radius 2 is 1.85 bits per heavy atom. The van der Waals surface area contributed by atoms with Crippen molar-refractivity contribution in [2.45, 2.75) is 6.92 Å². The van der Waals surface area contributed by atoms with Gasteiger partial charge in [0.1, 0.15) is 0 Å². The average Bonchev–Trinajstić information content (AvgIpc) is 1.97.